The highest BCUT2D eigenvalue weighted by molar-refractivity contribution is 9.10. The van der Waals surface area contributed by atoms with Gasteiger partial charge >= 0.3 is 0 Å². The molecule has 0 spiro atoms. The molecule has 15 heavy (non-hydrogen) atoms. The topological polar surface area (TPSA) is 37.9 Å². The van der Waals surface area contributed by atoms with Crippen LogP contribution in [-0.4, -0.2) is 16.6 Å². The van der Waals surface area contributed by atoms with E-state index in [9.17, 15) is 0 Å². The number of hydrogen-bond acceptors (Lipinski definition) is 2. The molecule has 0 unspecified atom stereocenters. The Kier molecular flexibility index (Phi) is 3.06. The summed E-state index contributed by atoms with van der Waals surface area (Å²) in [7, 11) is 0. The fourth-order valence-electron chi connectivity index (χ4n) is 1.34. The van der Waals surface area contributed by atoms with Crippen LogP contribution in [0.4, 0.5) is 0 Å². The molecule has 0 aliphatic heterocycles. The van der Waals surface area contributed by atoms with E-state index in [0.717, 1.165) is 21.7 Å². The van der Waals surface area contributed by atoms with Gasteiger partial charge in [-0.15, -0.1) is 0 Å². The largest absolute Gasteiger partial charge is 0.494 e. The van der Waals surface area contributed by atoms with Crippen LogP contribution in [0.3, 0.4) is 0 Å². The molecule has 2 rings (SSSR count). The fourth-order valence-corrected chi connectivity index (χ4v) is 1.66. The van der Waals surface area contributed by atoms with Crippen molar-refractivity contribution in [1.29, 1.82) is 0 Å². The molecule has 4 heteroatoms. The average Bonchev–Trinajstić information content (AvgIpc) is 2.67. The molecule has 2 aromatic rings. The zero-order chi connectivity index (χ0) is 10.7. The van der Waals surface area contributed by atoms with E-state index in [1.54, 1.807) is 6.20 Å². The van der Waals surface area contributed by atoms with Crippen LogP contribution < -0.4 is 4.74 Å². The molecule has 0 atom stereocenters. The Morgan fingerprint density at radius 3 is 2.60 bits per heavy atom. The maximum absolute atomic E-state index is 5.37. The van der Waals surface area contributed by atoms with Crippen molar-refractivity contribution in [2.75, 3.05) is 6.61 Å². The number of nitrogens with one attached hydrogen (secondary N) is 1. The van der Waals surface area contributed by atoms with Crippen molar-refractivity contribution < 1.29 is 4.74 Å². The number of imidazole rings is 1. The molecule has 0 fully saturated rings. The number of nitrogens with zero attached hydrogens (tertiary/aromatic N) is 1. The van der Waals surface area contributed by atoms with Crippen LogP contribution in [0.1, 0.15) is 6.92 Å². The van der Waals surface area contributed by atoms with Crippen LogP contribution in [-0.2, 0) is 0 Å². The Morgan fingerprint density at radius 1 is 1.33 bits per heavy atom. The summed E-state index contributed by atoms with van der Waals surface area (Å²) in [5, 5.41) is 0. The summed E-state index contributed by atoms with van der Waals surface area (Å²) in [5.41, 5.74) is 2.08. The van der Waals surface area contributed by atoms with Crippen LogP contribution in [0.5, 0.6) is 5.75 Å². The van der Waals surface area contributed by atoms with Gasteiger partial charge in [-0.2, -0.15) is 0 Å². The zero-order valence-corrected chi connectivity index (χ0v) is 9.91. The third kappa shape index (κ3) is 2.39. The molecular formula is C11H11BrN2O. The molecule has 0 radical (unpaired) electrons. The first-order chi connectivity index (χ1) is 7.29. The Balaban J connectivity index is 2.23. The van der Waals surface area contributed by atoms with E-state index in [1.165, 1.54) is 0 Å². The van der Waals surface area contributed by atoms with Crippen molar-refractivity contribution in [3.05, 3.63) is 35.2 Å². The first-order valence-corrected chi connectivity index (χ1v) is 5.52. The third-order valence-corrected chi connectivity index (χ3v) is 2.42. The summed E-state index contributed by atoms with van der Waals surface area (Å²) >= 11 is 3.28. The summed E-state index contributed by atoms with van der Waals surface area (Å²) < 4.78 is 6.11. The second-order valence-corrected chi connectivity index (χ2v) is 3.80. The van der Waals surface area contributed by atoms with Crippen molar-refractivity contribution in [3.8, 4) is 17.0 Å². The number of halogens is 1. The van der Waals surface area contributed by atoms with Gasteiger partial charge in [-0.05, 0) is 52.7 Å². The van der Waals surface area contributed by atoms with Crippen LogP contribution in [0, 0.1) is 0 Å². The maximum atomic E-state index is 5.37. The van der Waals surface area contributed by atoms with E-state index in [1.807, 2.05) is 31.2 Å². The summed E-state index contributed by atoms with van der Waals surface area (Å²) in [6, 6.07) is 7.91. The minimum atomic E-state index is 0.689. The lowest BCUT2D eigenvalue weighted by atomic mass is 10.2. The fraction of sp³-hybridized carbons (Fsp3) is 0.182. The van der Waals surface area contributed by atoms with Crippen LogP contribution in [0.15, 0.2) is 35.2 Å². The van der Waals surface area contributed by atoms with Crippen molar-refractivity contribution in [1.82, 2.24) is 9.97 Å². The van der Waals surface area contributed by atoms with Gasteiger partial charge in [0.05, 0.1) is 18.5 Å². The zero-order valence-electron chi connectivity index (χ0n) is 8.33. The number of rotatable bonds is 3. The van der Waals surface area contributed by atoms with Gasteiger partial charge in [0.25, 0.3) is 0 Å². The Morgan fingerprint density at radius 2 is 2.07 bits per heavy atom. The monoisotopic (exact) mass is 266 g/mol. The van der Waals surface area contributed by atoms with Crippen LogP contribution in [0.2, 0.25) is 0 Å². The number of aromatic amines is 1. The molecule has 0 amide bonds. The SMILES string of the molecule is CCOc1ccc(-c2cnc(Br)[nH]2)cc1. The summed E-state index contributed by atoms with van der Waals surface area (Å²) in [6.07, 6.45) is 1.79. The number of benzene rings is 1. The second kappa shape index (κ2) is 4.49. The summed E-state index contributed by atoms with van der Waals surface area (Å²) in [6.45, 7) is 2.66. The smallest absolute Gasteiger partial charge is 0.174 e. The van der Waals surface area contributed by atoms with Crippen molar-refractivity contribution in [2.45, 2.75) is 6.92 Å². The van der Waals surface area contributed by atoms with E-state index >= 15 is 0 Å². The van der Waals surface area contributed by atoms with Gasteiger partial charge in [-0.1, -0.05) is 0 Å². The van der Waals surface area contributed by atoms with E-state index in [0.29, 0.717) is 6.61 Å². The van der Waals surface area contributed by atoms with Crippen LogP contribution in [0.25, 0.3) is 11.3 Å². The van der Waals surface area contributed by atoms with Crippen LogP contribution >= 0.6 is 15.9 Å². The lowest BCUT2D eigenvalue weighted by molar-refractivity contribution is 0.340. The molecule has 1 aromatic carbocycles. The predicted molar refractivity (Wildman–Crippen MR) is 62.9 cm³/mol. The molecule has 0 saturated heterocycles. The summed E-state index contributed by atoms with van der Waals surface area (Å²) in [4.78, 5) is 7.19. The molecule has 0 bridgehead atoms. The Hall–Kier alpha value is -1.29. The van der Waals surface area contributed by atoms with Gasteiger partial charge in [0.2, 0.25) is 0 Å². The van der Waals surface area contributed by atoms with Crippen molar-refractivity contribution >= 4 is 15.9 Å². The number of ether oxygens (including phenoxy) is 1. The molecule has 1 N–H and O–H groups in total. The van der Waals surface area contributed by atoms with E-state index in [-0.39, 0.29) is 0 Å². The third-order valence-electron chi connectivity index (χ3n) is 2.02. The van der Waals surface area contributed by atoms with Gasteiger partial charge in [0.1, 0.15) is 5.75 Å². The molecule has 0 aliphatic carbocycles. The molecule has 1 heterocycles. The van der Waals surface area contributed by atoms with E-state index < -0.39 is 0 Å². The molecule has 0 saturated carbocycles. The van der Waals surface area contributed by atoms with Gasteiger partial charge < -0.3 is 9.72 Å². The Bertz CT molecular complexity index is 436. The first-order valence-electron chi connectivity index (χ1n) is 4.73. The minimum Gasteiger partial charge on any atom is -0.494 e. The molecular weight excluding hydrogens is 256 g/mol. The van der Waals surface area contributed by atoms with E-state index in [2.05, 4.69) is 25.9 Å². The lowest BCUT2D eigenvalue weighted by Gasteiger charge is -2.03. The van der Waals surface area contributed by atoms with Gasteiger partial charge in [-0.3, -0.25) is 0 Å². The quantitative estimate of drug-likeness (QED) is 0.927. The standard InChI is InChI=1S/C11H11BrN2O/c1-2-15-9-5-3-8(4-6-9)10-7-13-11(12)14-10/h3-7H,2H2,1H3,(H,13,14). The van der Waals surface area contributed by atoms with Gasteiger partial charge in [-0.25, -0.2) is 4.98 Å². The van der Waals surface area contributed by atoms with E-state index in [4.69, 9.17) is 4.74 Å². The highest BCUT2D eigenvalue weighted by Gasteiger charge is 2.01. The molecule has 78 valence electrons. The highest BCUT2D eigenvalue weighted by atomic mass is 79.9. The average molecular weight is 267 g/mol. The van der Waals surface area contributed by atoms with Gasteiger partial charge in [0.15, 0.2) is 4.73 Å². The van der Waals surface area contributed by atoms with Gasteiger partial charge in [0, 0.05) is 0 Å². The van der Waals surface area contributed by atoms with Crippen molar-refractivity contribution in [2.24, 2.45) is 0 Å². The maximum Gasteiger partial charge on any atom is 0.174 e. The number of H-pyrrole nitrogens is 1. The second-order valence-electron chi connectivity index (χ2n) is 3.05. The first kappa shape index (κ1) is 10.2. The Labute approximate surface area is 96.6 Å². The summed E-state index contributed by atoms with van der Waals surface area (Å²) in [5.74, 6) is 0.889. The number of hydrogen-bond donors (Lipinski definition) is 1. The predicted octanol–water partition coefficient (Wildman–Crippen LogP) is 3.24. The molecule has 3 nitrogen and oxygen atoms in total. The molecule has 1 aromatic heterocycles. The number of aromatic nitrogens is 2. The van der Waals surface area contributed by atoms with Crippen molar-refractivity contribution in [3.63, 3.8) is 0 Å². The molecule has 0 aliphatic rings. The normalized spacial score (nSPS) is 10.3. The lowest BCUT2D eigenvalue weighted by Crippen LogP contribution is -1.90. The minimum absolute atomic E-state index is 0.689. The highest BCUT2D eigenvalue weighted by Crippen LogP contribution is 2.21.